The van der Waals surface area contributed by atoms with Gasteiger partial charge in [0.2, 0.25) is 0 Å². The molecular weight excluding hydrogens is 564 g/mol. The van der Waals surface area contributed by atoms with E-state index in [9.17, 15) is 9.90 Å². The van der Waals surface area contributed by atoms with Gasteiger partial charge in [-0.15, -0.1) is 0 Å². The molecule has 1 saturated carbocycles. The number of aryl methyl sites for hydroxylation is 2. The molecule has 0 spiro atoms. The monoisotopic (exact) mass is 616 g/mol. The van der Waals surface area contributed by atoms with Crippen molar-refractivity contribution in [2.45, 2.75) is 90.4 Å². The summed E-state index contributed by atoms with van der Waals surface area (Å²) >= 11 is 0. The number of ether oxygens (including phenoxy) is 1. The maximum absolute atomic E-state index is 11.7. The van der Waals surface area contributed by atoms with Crippen molar-refractivity contribution in [1.29, 1.82) is 0 Å². The first-order chi connectivity index (χ1) is 22.4. The maximum Gasteiger partial charge on any atom is 0.333 e. The van der Waals surface area contributed by atoms with Crippen LogP contribution in [0.2, 0.25) is 0 Å². The number of carbonyl (C=O) groups excluding carboxylic acids is 1. The molecule has 0 bridgehead atoms. The van der Waals surface area contributed by atoms with Crippen molar-refractivity contribution in [3.05, 3.63) is 119 Å². The van der Waals surface area contributed by atoms with Crippen LogP contribution in [0.5, 0.6) is 0 Å². The van der Waals surface area contributed by atoms with Crippen LogP contribution in [0.1, 0.15) is 93.4 Å². The average Bonchev–Trinajstić information content (AvgIpc) is 3.09. The zero-order chi connectivity index (χ0) is 32.3. The smallest absolute Gasteiger partial charge is 0.333 e. The average molecular weight is 617 g/mol. The number of aliphatic hydroxyl groups is 1. The first kappa shape index (κ1) is 33.7. The molecule has 3 nitrogen and oxygen atoms in total. The second kappa shape index (κ2) is 16.7. The van der Waals surface area contributed by atoms with Crippen molar-refractivity contribution in [2.75, 3.05) is 13.2 Å². The van der Waals surface area contributed by atoms with Crippen molar-refractivity contribution in [3.8, 4) is 11.1 Å². The number of carbonyl (C=O) groups is 1. The van der Waals surface area contributed by atoms with Gasteiger partial charge in [0.25, 0.3) is 0 Å². The normalized spacial score (nSPS) is 17.1. The molecule has 0 radical (unpaired) electrons. The molecule has 1 fully saturated rings. The number of unbranched alkanes of at least 4 members (excludes halogenated alkanes) is 2. The van der Waals surface area contributed by atoms with Gasteiger partial charge in [-0.05, 0) is 108 Å². The van der Waals surface area contributed by atoms with Crippen molar-refractivity contribution < 1.29 is 14.6 Å². The van der Waals surface area contributed by atoms with E-state index >= 15 is 0 Å². The van der Waals surface area contributed by atoms with E-state index < -0.39 is 5.97 Å². The standard InChI is InChI=1S/C43H52O3/c1-4-5-6-7-32-10-16-37(17-11-32)39-22-24-40(25-23-39)38-18-12-33(13-19-38)8-9-34-14-20-42-28-35(15-21-41(42)27-34)26-36(29-44)30-46-43(45)31(2)3/h12-15,18-25,27-28,32,36-37,44H,2,4-11,16-17,26,29-30H2,1,3H3. The Balaban J connectivity index is 1.11. The third-order valence-electron chi connectivity index (χ3n) is 9.98. The molecule has 4 aromatic carbocycles. The second-order valence-electron chi connectivity index (χ2n) is 13.7. The summed E-state index contributed by atoms with van der Waals surface area (Å²) in [7, 11) is 0. The molecule has 0 saturated heterocycles. The third kappa shape index (κ3) is 9.42. The molecule has 242 valence electrons. The van der Waals surface area contributed by atoms with E-state index in [1.807, 2.05) is 0 Å². The number of fused-ring (bicyclic) bond motifs is 1. The van der Waals surface area contributed by atoms with Crippen LogP contribution in [0.15, 0.2) is 97.1 Å². The molecule has 46 heavy (non-hydrogen) atoms. The van der Waals surface area contributed by atoms with Gasteiger partial charge in [0.05, 0.1) is 6.61 Å². The molecule has 1 N–H and O–H groups in total. The Morgan fingerprint density at radius 3 is 2.02 bits per heavy atom. The molecular formula is C43H52O3. The molecule has 0 heterocycles. The highest BCUT2D eigenvalue weighted by atomic mass is 16.5. The predicted molar refractivity (Wildman–Crippen MR) is 192 cm³/mol. The van der Waals surface area contributed by atoms with Gasteiger partial charge < -0.3 is 9.84 Å². The molecule has 3 heteroatoms. The van der Waals surface area contributed by atoms with Crippen LogP contribution in [0.3, 0.4) is 0 Å². The summed E-state index contributed by atoms with van der Waals surface area (Å²) in [6.45, 7) is 7.70. The van der Waals surface area contributed by atoms with E-state index in [-0.39, 0.29) is 19.1 Å². The van der Waals surface area contributed by atoms with Crippen LogP contribution in [0.4, 0.5) is 0 Å². The van der Waals surface area contributed by atoms with Crippen LogP contribution in [0.25, 0.3) is 21.9 Å². The van der Waals surface area contributed by atoms with Gasteiger partial charge in [0.1, 0.15) is 0 Å². The van der Waals surface area contributed by atoms with Gasteiger partial charge in [-0.1, -0.05) is 124 Å². The lowest BCUT2D eigenvalue weighted by Crippen LogP contribution is -2.19. The third-order valence-corrected chi connectivity index (χ3v) is 9.98. The molecule has 1 atom stereocenters. The lowest BCUT2D eigenvalue weighted by Gasteiger charge is -2.29. The zero-order valence-electron chi connectivity index (χ0n) is 28.0. The van der Waals surface area contributed by atoms with Gasteiger partial charge in [-0.3, -0.25) is 0 Å². The molecule has 4 aromatic rings. The van der Waals surface area contributed by atoms with E-state index in [4.69, 9.17) is 4.74 Å². The lowest BCUT2D eigenvalue weighted by molar-refractivity contribution is -0.140. The minimum Gasteiger partial charge on any atom is -0.462 e. The summed E-state index contributed by atoms with van der Waals surface area (Å²) in [5, 5.41) is 12.2. The molecule has 1 aliphatic rings. The van der Waals surface area contributed by atoms with Crippen LogP contribution >= 0.6 is 0 Å². The molecule has 0 aromatic heterocycles. The fourth-order valence-electron chi connectivity index (χ4n) is 7.02. The maximum atomic E-state index is 11.7. The summed E-state index contributed by atoms with van der Waals surface area (Å²) in [6, 6.07) is 31.6. The Labute approximate surface area is 276 Å². The van der Waals surface area contributed by atoms with E-state index in [0.29, 0.717) is 12.0 Å². The number of benzene rings is 4. The molecule has 1 aliphatic carbocycles. The fourth-order valence-corrected chi connectivity index (χ4v) is 7.02. The van der Waals surface area contributed by atoms with Gasteiger partial charge in [-0.25, -0.2) is 4.79 Å². The van der Waals surface area contributed by atoms with Crippen molar-refractivity contribution >= 4 is 16.7 Å². The highest BCUT2D eigenvalue weighted by Crippen LogP contribution is 2.38. The van der Waals surface area contributed by atoms with E-state index in [2.05, 4.69) is 98.4 Å². The van der Waals surface area contributed by atoms with Crippen LogP contribution < -0.4 is 0 Å². The van der Waals surface area contributed by atoms with Crippen LogP contribution in [-0.4, -0.2) is 24.3 Å². The minimum absolute atomic E-state index is 0.0339. The molecule has 1 unspecified atom stereocenters. The lowest BCUT2D eigenvalue weighted by atomic mass is 9.77. The Kier molecular flexibility index (Phi) is 12.3. The molecule has 0 aliphatic heterocycles. The quantitative estimate of drug-likeness (QED) is 0.0821. The Bertz CT molecular complexity index is 1560. The summed E-state index contributed by atoms with van der Waals surface area (Å²) in [6.07, 6.45) is 13.7. The first-order valence-electron chi connectivity index (χ1n) is 17.6. The van der Waals surface area contributed by atoms with Crippen molar-refractivity contribution in [1.82, 2.24) is 0 Å². The number of aliphatic hydroxyl groups excluding tert-OH is 1. The summed E-state index contributed by atoms with van der Waals surface area (Å²) in [5.74, 6) is 1.14. The largest absolute Gasteiger partial charge is 0.462 e. The van der Waals surface area contributed by atoms with Crippen molar-refractivity contribution in [3.63, 3.8) is 0 Å². The van der Waals surface area contributed by atoms with Gasteiger partial charge in [-0.2, -0.15) is 0 Å². The Morgan fingerprint density at radius 2 is 1.39 bits per heavy atom. The summed E-state index contributed by atoms with van der Waals surface area (Å²) in [5.41, 5.74) is 8.29. The van der Waals surface area contributed by atoms with Gasteiger partial charge in [0, 0.05) is 18.1 Å². The second-order valence-corrected chi connectivity index (χ2v) is 13.7. The number of hydrogen-bond acceptors (Lipinski definition) is 3. The van der Waals surface area contributed by atoms with Gasteiger partial charge in [0.15, 0.2) is 0 Å². The topological polar surface area (TPSA) is 46.5 Å². The summed E-state index contributed by atoms with van der Waals surface area (Å²) < 4.78 is 5.26. The predicted octanol–water partition coefficient (Wildman–Crippen LogP) is 10.4. The Morgan fingerprint density at radius 1 is 0.804 bits per heavy atom. The van der Waals surface area contributed by atoms with Gasteiger partial charge >= 0.3 is 5.97 Å². The number of rotatable bonds is 15. The van der Waals surface area contributed by atoms with Crippen LogP contribution in [0, 0.1) is 11.8 Å². The number of esters is 1. The highest BCUT2D eigenvalue weighted by molar-refractivity contribution is 5.87. The van der Waals surface area contributed by atoms with E-state index in [0.717, 1.165) is 30.2 Å². The van der Waals surface area contributed by atoms with E-state index in [1.54, 1.807) is 6.92 Å². The Hall–Kier alpha value is -3.69. The van der Waals surface area contributed by atoms with Crippen molar-refractivity contribution in [2.24, 2.45) is 11.8 Å². The molecule has 5 rings (SSSR count). The molecule has 0 amide bonds. The fraction of sp³-hybridized carbons (Fsp3) is 0.419. The SMILES string of the molecule is C=C(C)C(=O)OCC(CO)Cc1ccc2cc(CCc3ccc(-c4ccc(C5CCC(CCCCC)CC5)cc4)cc3)ccc2c1. The van der Waals surface area contributed by atoms with Crippen LogP contribution in [-0.2, 0) is 28.8 Å². The zero-order valence-corrected chi connectivity index (χ0v) is 28.0. The first-order valence-corrected chi connectivity index (χ1v) is 17.6. The summed E-state index contributed by atoms with van der Waals surface area (Å²) in [4.78, 5) is 11.7. The number of hydrogen-bond donors (Lipinski definition) is 1. The highest BCUT2D eigenvalue weighted by Gasteiger charge is 2.22. The van der Waals surface area contributed by atoms with E-state index in [1.165, 1.54) is 90.0 Å². The minimum atomic E-state index is -0.411.